The molecular weight excluding hydrogens is 322 g/mol. The zero-order chi connectivity index (χ0) is 19.5. The Hall–Kier alpha value is -1.95. The van der Waals surface area contributed by atoms with E-state index in [4.69, 9.17) is 15.3 Å². The van der Waals surface area contributed by atoms with E-state index in [1.807, 2.05) is 19.9 Å². The molecule has 0 spiro atoms. The molecule has 0 bridgehead atoms. The van der Waals surface area contributed by atoms with E-state index in [0.717, 1.165) is 5.57 Å². The largest absolute Gasteiger partial charge is 0.478 e. The van der Waals surface area contributed by atoms with Gasteiger partial charge in [0.25, 0.3) is 0 Å². The van der Waals surface area contributed by atoms with Crippen molar-refractivity contribution in [2.45, 2.75) is 64.9 Å². The molecule has 2 atom stereocenters. The minimum Gasteiger partial charge on any atom is -0.478 e. The molecule has 0 amide bonds. The Bertz CT molecular complexity index is 508. The molecule has 1 rings (SSSR count). The zero-order valence-electron chi connectivity index (χ0n) is 15.5. The number of rotatable bonds is 5. The van der Waals surface area contributed by atoms with Gasteiger partial charge in [0.1, 0.15) is 12.8 Å². The average Bonchev–Trinajstić information content (AvgIpc) is 2.59. The summed E-state index contributed by atoms with van der Waals surface area (Å²) >= 11 is 0. The molecule has 1 aliphatic rings. The first kappa shape index (κ1) is 23.1. The lowest BCUT2D eigenvalue weighted by Crippen LogP contribution is -2.26. The van der Waals surface area contributed by atoms with Gasteiger partial charge < -0.3 is 20.4 Å². The number of carboxylic acids is 1. The van der Waals surface area contributed by atoms with E-state index >= 15 is 0 Å². The van der Waals surface area contributed by atoms with E-state index in [-0.39, 0.29) is 18.1 Å². The summed E-state index contributed by atoms with van der Waals surface area (Å²) in [6.07, 6.45) is 6.02. The number of nitrogens with one attached hydrogen (secondary N) is 1. The number of hydrogen-bond donors (Lipinski definition) is 3. The number of aliphatic hydroxyl groups is 1. The van der Waals surface area contributed by atoms with Crippen molar-refractivity contribution in [2.75, 3.05) is 6.61 Å². The van der Waals surface area contributed by atoms with Crippen molar-refractivity contribution in [2.24, 2.45) is 5.92 Å². The Morgan fingerprint density at radius 3 is 2.60 bits per heavy atom. The molecule has 0 aromatic rings. The van der Waals surface area contributed by atoms with Crippen LogP contribution in [0.4, 0.5) is 0 Å². The standard InChI is InChI=1S/C17H25NO5.C2H6/c1-12(16(20)21)14-6-5-13(11-23-15(19)10-18)4-3-8-17(2,22)9-7-14;1-2/h4,10,14,18,22H,1,3,5-9,11H2,2H3,(H,20,21);1-2H3/b13-4+,18-10?;/t14?,17-;/m1./s1. The second-order valence-electron chi connectivity index (χ2n) is 6.25. The summed E-state index contributed by atoms with van der Waals surface area (Å²) in [4.78, 5) is 22.2. The second kappa shape index (κ2) is 11.6. The smallest absolute Gasteiger partial charge is 0.348 e. The van der Waals surface area contributed by atoms with Gasteiger partial charge in [0.2, 0.25) is 0 Å². The molecule has 0 radical (unpaired) electrons. The van der Waals surface area contributed by atoms with Crippen molar-refractivity contribution in [1.82, 2.24) is 0 Å². The lowest BCUT2D eigenvalue weighted by molar-refractivity contribution is -0.134. The number of carbonyl (C=O) groups is 2. The third kappa shape index (κ3) is 9.19. The molecule has 0 aliphatic heterocycles. The number of ether oxygens (including phenoxy) is 1. The number of esters is 1. The van der Waals surface area contributed by atoms with Gasteiger partial charge in [-0.25, -0.2) is 9.59 Å². The highest BCUT2D eigenvalue weighted by atomic mass is 16.5. The highest BCUT2D eigenvalue weighted by Gasteiger charge is 2.26. The topological polar surface area (TPSA) is 108 Å². The molecule has 25 heavy (non-hydrogen) atoms. The maximum absolute atomic E-state index is 11.2. The molecule has 0 saturated carbocycles. The van der Waals surface area contributed by atoms with Gasteiger partial charge in [-0.2, -0.15) is 0 Å². The fourth-order valence-electron chi connectivity index (χ4n) is 2.66. The van der Waals surface area contributed by atoms with Crippen molar-refractivity contribution >= 4 is 18.2 Å². The van der Waals surface area contributed by atoms with Gasteiger partial charge in [-0.15, -0.1) is 0 Å². The van der Waals surface area contributed by atoms with Gasteiger partial charge in [0.15, 0.2) is 0 Å². The summed E-state index contributed by atoms with van der Waals surface area (Å²) in [5.41, 5.74) is 0.167. The first-order valence-electron chi connectivity index (χ1n) is 8.75. The van der Waals surface area contributed by atoms with E-state index in [9.17, 15) is 14.7 Å². The predicted molar refractivity (Wildman–Crippen MR) is 97.8 cm³/mol. The van der Waals surface area contributed by atoms with E-state index in [1.54, 1.807) is 6.92 Å². The van der Waals surface area contributed by atoms with E-state index in [2.05, 4.69) is 6.58 Å². The van der Waals surface area contributed by atoms with Gasteiger partial charge in [0, 0.05) is 5.57 Å². The number of hydrogen-bond acceptors (Lipinski definition) is 5. The van der Waals surface area contributed by atoms with E-state index in [1.165, 1.54) is 0 Å². The summed E-state index contributed by atoms with van der Waals surface area (Å²) in [6.45, 7) is 9.48. The van der Waals surface area contributed by atoms with Crippen LogP contribution in [0.25, 0.3) is 0 Å². The van der Waals surface area contributed by atoms with Crippen molar-refractivity contribution in [3.63, 3.8) is 0 Å². The fourth-order valence-corrected chi connectivity index (χ4v) is 2.66. The number of aliphatic carboxylic acids is 1. The van der Waals surface area contributed by atoms with Crippen LogP contribution < -0.4 is 0 Å². The van der Waals surface area contributed by atoms with Crippen LogP contribution >= 0.6 is 0 Å². The molecule has 142 valence electrons. The SMILES string of the molecule is C=C(C(=O)O)C1CC/C(COC(=O)C=N)=C\CC[C@@](C)(O)CC1.CC. The number of carbonyl (C=O) groups excluding carboxylic acids is 1. The quantitative estimate of drug-likeness (QED) is 0.303. The minimum atomic E-state index is -1.02. The van der Waals surface area contributed by atoms with Crippen molar-refractivity contribution in [3.8, 4) is 0 Å². The Balaban J connectivity index is 0.00000277. The third-order valence-corrected chi connectivity index (χ3v) is 4.25. The summed E-state index contributed by atoms with van der Waals surface area (Å²) in [6, 6.07) is 0. The summed E-state index contributed by atoms with van der Waals surface area (Å²) < 4.78 is 4.94. The highest BCUT2D eigenvalue weighted by Crippen LogP contribution is 2.30. The van der Waals surface area contributed by atoms with Gasteiger partial charge in [0.05, 0.1) is 5.60 Å². The molecule has 1 unspecified atom stereocenters. The molecular formula is C19H31NO5. The van der Waals surface area contributed by atoms with Crippen LogP contribution in [-0.2, 0) is 14.3 Å². The van der Waals surface area contributed by atoms with Crippen molar-refractivity contribution in [1.29, 1.82) is 5.41 Å². The molecule has 3 N–H and O–H groups in total. The number of allylic oxidation sites excluding steroid dienone is 1. The summed E-state index contributed by atoms with van der Waals surface area (Å²) in [7, 11) is 0. The normalized spacial score (nSPS) is 26.1. The van der Waals surface area contributed by atoms with Gasteiger partial charge in [-0.05, 0) is 56.9 Å². The minimum absolute atomic E-state index is 0.0859. The molecule has 0 saturated heterocycles. The van der Waals surface area contributed by atoms with Crippen LogP contribution in [0.3, 0.4) is 0 Å². The van der Waals surface area contributed by atoms with Crippen molar-refractivity contribution in [3.05, 3.63) is 23.8 Å². The highest BCUT2D eigenvalue weighted by molar-refractivity contribution is 6.21. The van der Waals surface area contributed by atoms with Crippen LogP contribution in [0.2, 0.25) is 0 Å². The Kier molecular flexibility index (Phi) is 10.7. The molecule has 6 heteroatoms. The Morgan fingerprint density at radius 2 is 2.04 bits per heavy atom. The van der Waals surface area contributed by atoms with E-state index < -0.39 is 17.5 Å². The van der Waals surface area contributed by atoms with Gasteiger partial charge in [-0.1, -0.05) is 26.5 Å². The Morgan fingerprint density at radius 1 is 1.40 bits per heavy atom. The molecule has 6 nitrogen and oxygen atoms in total. The van der Waals surface area contributed by atoms with E-state index in [0.29, 0.717) is 44.7 Å². The first-order chi connectivity index (χ1) is 11.7. The second-order valence-corrected chi connectivity index (χ2v) is 6.25. The molecule has 0 aromatic heterocycles. The lowest BCUT2D eigenvalue weighted by Gasteiger charge is -2.27. The average molecular weight is 353 g/mol. The number of carboxylic acid groups (broad SMARTS) is 1. The molecule has 0 heterocycles. The molecule has 0 fully saturated rings. The van der Waals surface area contributed by atoms with Crippen LogP contribution in [0.1, 0.15) is 59.3 Å². The third-order valence-electron chi connectivity index (χ3n) is 4.25. The van der Waals surface area contributed by atoms with Crippen LogP contribution in [0.15, 0.2) is 23.8 Å². The van der Waals surface area contributed by atoms with Crippen LogP contribution in [-0.4, -0.2) is 40.6 Å². The molecule has 1 aliphatic carbocycles. The fraction of sp³-hybridized carbons (Fsp3) is 0.632. The maximum Gasteiger partial charge on any atom is 0.348 e. The van der Waals surface area contributed by atoms with Gasteiger partial charge >= 0.3 is 11.9 Å². The van der Waals surface area contributed by atoms with Crippen LogP contribution in [0.5, 0.6) is 0 Å². The Labute approximate surface area is 150 Å². The maximum atomic E-state index is 11.2. The monoisotopic (exact) mass is 353 g/mol. The van der Waals surface area contributed by atoms with Crippen molar-refractivity contribution < 1.29 is 24.5 Å². The summed E-state index contributed by atoms with van der Waals surface area (Å²) in [5.74, 6) is -1.95. The molecule has 0 aromatic carbocycles. The predicted octanol–water partition coefficient (Wildman–Crippen LogP) is 3.49. The zero-order valence-corrected chi connectivity index (χ0v) is 15.5. The van der Waals surface area contributed by atoms with Crippen LogP contribution in [0, 0.1) is 11.3 Å². The summed E-state index contributed by atoms with van der Waals surface area (Å²) in [5, 5.41) is 26.3. The lowest BCUT2D eigenvalue weighted by atomic mass is 9.82. The van der Waals surface area contributed by atoms with Gasteiger partial charge in [-0.3, -0.25) is 0 Å². The first-order valence-corrected chi connectivity index (χ1v) is 8.75.